The summed E-state index contributed by atoms with van der Waals surface area (Å²) >= 11 is 0. The quantitative estimate of drug-likeness (QED) is 0.626. The number of nitrogens with one attached hydrogen (secondary N) is 1. The summed E-state index contributed by atoms with van der Waals surface area (Å²) in [6, 6.07) is 13.9. The molecule has 6 heteroatoms. The second kappa shape index (κ2) is 9.26. The Balaban J connectivity index is 1.41. The summed E-state index contributed by atoms with van der Waals surface area (Å²) in [5, 5.41) is 5.08. The molecule has 2 aromatic rings. The lowest BCUT2D eigenvalue weighted by Crippen LogP contribution is -2.46. The van der Waals surface area contributed by atoms with Gasteiger partial charge in [0.2, 0.25) is 0 Å². The van der Waals surface area contributed by atoms with Gasteiger partial charge in [-0.15, -0.1) is 0 Å². The average molecular weight is 370 g/mol. The van der Waals surface area contributed by atoms with Crippen LogP contribution < -0.4 is 10.1 Å². The number of nitrogens with zero attached hydrogens (tertiary/aromatic N) is 1. The van der Waals surface area contributed by atoms with Crippen LogP contribution in [0.15, 0.2) is 42.5 Å². The van der Waals surface area contributed by atoms with Gasteiger partial charge in [0.15, 0.2) is 0 Å². The minimum atomic E-state index is -0.152. The molecule has 0 atom stereocenters. The van der Waals surface area contributed by atoms with Crippen molar-refractivity contribution in [2.45, 2.75) is 19.8 Å². The molecule has 0 aliphatic carbocycles. The van der Waals surface area contributed by atoms with Crippen LogP contribution in [-0.2, 0) is 9.53 Å². The van der Waals surface area contributed by atoms with E-state index in [0.717, 1.165) is 16.5 Å². The summed E-state index contributed by atoms with van der Waals surface area (Å²) in [5.74, 6) is 0.572. The molecule has 0 spiro atoms. The molecule has 2 aromatic carbocycles. The largest absolute Gasteiger partial charge is 0.491 e. The van der Waals surface area contributed by atoms with Crippen LogP contribution in [0.3, 0.4) is 0 Å². The Bertz CT molecular complexity index is 779. The van der Waals surface area contributed by atoms with Crippen LogP contribution in [0.2, 0.25) is 0 Å². The lowest BCUT2D eigenvalue weighted by atomic mass is 9.97. The van der Waals surface area contributed by atoms with Gasteiger partial charge < -0.3 is 19.7 Å². The summed E-state index contributed by atoms with van der Waals surface area (Å²) in [6.45, 7) is 4.18. The highest BCUT2D eigenvalue weighted by molar-refractivity contribution is 5.88. The van der Waals surface area contributed by atoms with E-state index < -0.39 is 0 Å². The second-order valence-corrected chi connectivity index (χ2v) is 6.57. The summed E-state index contributed by atoms with van der Waals surface area (Å²) in [4.78, 5) is 25.8. The molecule has 0 bridgehead atoms. The molecule has 144 valence electrons. The van der Waals surface area contributed by atoms with Crippen molar-refractivity contribution in [3.8, 4) is 5.75 Å². The van der Waals surface area contributed by atoms with E-state index >= 15 is 0 Å². The van der Waals surface area contributed by atoms with E-state index in [1.165, 1.54) is 0 Å². The Morgan fingerprint density at radius 1 is 1.11 bits per heavy atom. The van der Waals surface area contributed by atoms with E-state index in [0.29, 0.717) is 45.7 Å². The molecule has 0 radical (unpaired) electrons. The summed E-state index contributed by atoms with van der Waals surface area (Å²) in [7, 11) is 0. The number of rotatable bonds is 6. The van der Waals surface area contributed by atoms with Crippen LogP contribution in [0.4, 0.5) is 4.79 Å². The predicted molar refractivity (Wildman–Crippen MR) is 104 cm³/mol. The number of hydrogen-bond donors (Lipinski definition) is 1. The molecule has 6 nitrogen and oxygen atoms in total. The van der Waals surface area contributed by atoms with E-state index in [1.807, 2.05) is 42.5 Å². The topological polar surface area (TPSA) is 67.9 Å². The standard InChI is InChI=1S/C21H26N2O4/c1-2-26-20(24)17-10-13-23(14-11-17)21(25)22-12-15-27-19-9-5-7-16-6-3-4-8-18(16)19/h3-9,17H,2,10-15H2,1H3,(H,22,25). The van der Waals surface area contributed by atoms with Crippen molar-refractivity contribution < 1.29 is 19.1 Å². The van der Waals surface area contributed by atoms with E-state index in [4.69, 9.17) is 9.47 Å². The Hall–Kier alpha value is -2.76. The second-order valence-electron chi connectivity index (χ2n) is 6.57. The van der Waals surface area contributed by atoms with Gasteiger partial charge in [-0.3, -0.25) is 4.79 Å². The third kappa shape index (κ3) is 4.90. The Kier molecular flexibility index (Phi) is 6.52. The zero-order valence-corrected chi connectivity index (χ0v) is 15.6. The first-order chi connectivity index (χ1) is 13.2. The molecule has 0 unspecified atom stereocenters. The van der Waals surface area contributed by atoms with Crippen LogP contribution in [0.25, 0.3) is 10.8 Å². The summed E-state index contributed by atoms with van der Waals surface area (Å²) in [5.41, 5.74) is 0. The molecule has 0 saturated carbocycles. The number of piperidine rings is 1. The molecule has 1 fully saturated rings. The first-order valence-corrected chi connectivity index (χ1v) is 9.49. The van der Waals surface area contributed by atoms with Gasteiger partial charge in [0, 0.05) is 18.5 Å². The minimum Gasteiger partial charge on any atom is -0.491 e. The van der Waals surface area contributed by atoms with E-state index in [2.05, 4.69) is 5.32 Å². The average Bonchev–Trinajstić information content (AvgIpc) is 2.71. The van der Waals surface area contributed by atoms with Crippen molar-refractivity contribution in [2.24, 2.45) is 5.92 Å². The summed E-state index contributed by atoms with van der Waals surface area (Å²) < 4.78 is 10.9. The fraction of sp³-hybridized carbons (Fsp3) is 0.429. The predicted octanol–water partition coefficient (Wildman–Crippen LogP) is 3.20. The first kappa shape index (κ1) is 19.0. The zero-order chi connectivity index (χ0) is 19.1. The van der Waals surface area contributed by atoms with Gasteiger partial charge >= 0.3 is 12.0 Å². The molecule has 1 aliphatic heterocycles. The lowest BCUT2D eigenvalue weighted by molar-refractivity contribution is -0.149. The molecule has 1 saturated heterocycles. The lowest BCUT2D eigenvalue weighted by Gasteiger charge is -2.30. The number of esters is 1. The number of urea groups is 1. The minimum absolute atomic E-state index is 0.0938. The molecular weight excluding hydrogens is 344 g/mol. The van der Waals surface area contributed by atoms with Crippen molar-refractivity contribution in [3.05, 3.63) is 42.5 Å². The number of amides is 2. The van der Waals surface area contributed by atoms with Crippen molar-refractivity contribution >= 4 is 22.8 Å². The van der Waals surface area contributed by atoms with Gasteiger partial charge in [-0.25, -0.2) is 4.79 Å². The number of hydrogen-bond acceptors (Lipinski definition) is 4. The van der Waals surface area contributed by atoms with E-state index in [-0.39, 0.29) is 17.9 Å². The third-order valence-corrected chi connectivity index (χ3v) is 4.79. The van der Waals surface area contributed by atoms with Crippen LogP contribution in [0.5, 0.6) is 5.75 Å². The Morgan fingerprint density at radius 2 is 1.85 bits per heavy atom. The molecule has 27 heavy (non-hydrogen) atoms. The SMILES string of the molecule is CCOC(=O)C1CCN(C(=O)NCCOc2cccc3ccccc23)CC1. The molecule has 2 amide bonds. The zero-order valence-electron chi connectivity index (χ0n) is 15.6. The highest BCUT2D eigenvalue weighted by atomic mass is 16.5. The fourth-order valence-electron chi connectivity index (χ4n) is 3.33. The molecule has 0 aromatic heterocycles. The highest BCUT2D eigenvalue weighted by Gasteiger charge is 2.27. The van der Waals surface area contributed by atoms with Gasteiger partial charge in [-0.05, 0) is 31.2 Å². The number of likely N-dealkylation sites (tertiary alicyclic amines) is 1. The maximum atomic E-state index is 12.3. The highest BCUT2D eigenvalue weighted by Crippen LogP contribution is 2.25. The number of carbonyl (C=O) groups is 2. The monoisotopic (exact) mass is 370 g/mol. The van der Waals surface area contributed by atoms with Gasteiger partial charge in [0.05, 0.1) is 19.1 Å². The van der Waals surface area contributed by atoms with Gasteiger partial charge in [-0.1, -0.05) is 36.4 Å². The number of ether oxygens (including phenoxy) is 2. The van der Waals surface area contributed by atoms with Crippen LogP contribution in [0.1, 0.15) is 19.8 Å². The maximum absolute atomic E-state index is 12.3. The molecule has 1 N–H and O–H groups in total. The molecule has 1 heterocycles. The molecule has 3 rings (SSSR count). The number of fused-ring (bicyclic) bond motifs is 1. The maximum Gasteiger partial charge on any atom is 0.317 e. The van der Waals surface area contributed by atoms with Crippen molar-refractivity contribution in [2.75, 3.05) is 32.8 Å². The van der Waals surface area contributed by atoms with Crippen molar-refractivity contribution in [1.29, 1.82) is 0 Å². The Labute approximate surface area is 159 Å². The van der Waals surface area contributed by atoms with Gasteiger partial charge in [-0.2, -0.15) is 0 Å². The number of carbonyl (C=O) groups excluding carboxylic acids is 2. The third-order valence-electron chi connectivity index (χ3n) is 4.79. The van der Waals surface area contributed by atoms with E-state index in [1.54, 1.807) is 11.8 Å². The smallest absolute Gasteiger partial charge is 0.317 e. The molecule has 1 aliphatic rings. The first-order valence-electron chi connectivity index (χ1n) is 9.49. The summed E-state index contributed by atoms with van der Waals surface area (Å²) in [6.07, 6.45) is 1.30. The fourth-order valence-corrected chi connectivity index (χ4v) is 3.33. The normalized spacial score (nSPS) is 14.8. The van der Waals surface area contributed by atoms with Gasteiger partial charge in [0.25, 0.3) is 0 Å². The van der Waals surface area contributed by atoms with Crippen LogP contribution >= 0.6 is 0 Å². The molecular formula is C21H26N2O4. The number of benzene rings is 2. The van der Waals surface area contributed by atoms with Crippen molar-refractivity contribution in [1.82, 2.24) is 10.2 Å². The van der Waals surface area contributed by atoms with E-state index in [9.17, 15) is 9.59 Å². The van der Waals surface area contributed by atoms with Gasteiger partial charge in [0.1, 0.15) is 12.4 Å². The Morgan fingerprint density at radius 3 is 2.63 bits per heavy atom. The van der Waals surface area contributed by atoms with Crippen LogP contribution in [0, 0.1) is 5.92 Å². The van der Waals surface area contributed by atoms with Crippen molar-refractivity contribution in [3.63, 3.8) is 0 Å². The van der Waals surface area contributed by atoms with Crippen LogP contribution in [-0.4, -0.2) is 49.7 Å².